The van der Waals surface area contributed by atoms with Gasteiger partial charge in [-0.3, -0.25) is 0 Å². The second-order valence-electron chi connectivity index (χ2n) is 6.97. The molecule has 0 amide bonds. The first kappa shape index (κ1) is 14.0. The number of aryl methyl sites for hydroxylation is 1. The van der Waals surface area contributed by atoms with Crippen LogP contribution in [0.25, 0.3) is 10.8 Å². The fraction of sp³-hybridized carbons (Fsp3) is 0.286. The summed E-state index contributed by atoms with van der Waals surface area (Å²) < 4.78 is 13.5. The Bertz CT molecular complexity index is 934. The zero-order chi connectivity index (χ0) is 16.1. The number of benzene rings is 2. The van der Waals surface area contributed by atoms with E-state index in [0.717, 1.165) is 23.0 Å². The minimum atomic E-state index is -0.207. The van der Waals surface area contributed by atoms with Crippen molar-refractivity contribution in [2.24, 2.45) is 0 Å². The molecule has 3 aromatic rings. The summed E-state index contributed by atoms with van der Waals surface area (Å²) in [5.41, 5.74) is 4.53. The maximum atomic E-state index is 13.5. The highest BCUT2D eigenvalue weighted by Gasteiger charge is 2.34. The Balaban J connectivity index is 1.55. The standard InChI is InChI=1S/C21H19FN2/c22-16-7-8-17-14(11-16)9-10-23-21(17)24-19-12-15-5-1-3-13-4-2-6-18(19)20(13)15/h2,4,6-11,15,19H,1,3,5,12H2,(H,23,24). The second-order valence-corrected chi connectivity index (χ2v) is 6.97. The minimum absolute atomic E-state index is 0.207. The smallest absolute Gasteiger partial charge is 0.134 e. The van der Waals surface area contributed by atoms with Gasteiger partial charge in [0.15, 0.2) is 0 Å². The number of anilines is 1. The molecule has 120 valence electrons. The van der Waals surface area contributed by atoms with E-state index in [-0.39, 0.29) is 5.82 Å². The van der Waals surface area contributed by atoms with Gasteiger partial charge < -0.3 is 5.32 Å². The SMILES string of the molecule is Fc1ccc2c(NC3CC4CCCc5cccc3c54)nccc2c1. The third kappa shape index (κ3) is 2.11. The number of rotatable bonds is 2. The van der Waals surface area contributed by atoms with Crippen LogP contribution in [0, 0.1) is 5.82 Å². The van der Waals surface area contributed by atoms with E-state index in [9.17, 15) is 4.39 Å². The summed E-state index contributed by atoms with van der Waals surface area (Å²) in [6.45, 7) is 0. The van der Waals surface area contributed by atoms with Crippen LogP contribution in [-0.2, 0) is 6.42 Å². The summed E-state index contributed by atoms with van der Waals surface area (Å²) in [6, 6.07) is 13.8. The Kier molecular flexibility index (Phi) is 3.09. The maximum absolute atomic E-state index is 13.5. The molecule has 0 aliphatic heterocycles. The van der Waals surface area contributed by atoms with Gasteiger partial charge >= 0.3 is 0 Å². The zero-order valence-electron chi connectivity index (χ0n) is 13.4. The lowest BCUT2D eigenvalue weighted by Crippen LogP contribution is -2.09. The quantitative estimate of drug-likeness (QED) is 0.689. The van der Waals surface area contributed by atoms with Crippen LogP contribution in [0.1, 0.15) is 47.9 Å². The molecule has 0 spiro atoms. The predicted molar refractivity (Wildman–Crippen MR) is 94.8 cm³/mol. The van der Waals surface area contributed by atoms with Crippen molar-refractivity contribution in [3.63, 3.8) is 0 Å². The highest BCUT2D eigenvalue weighted by atomic mass is 19.1. The van der Waals surface area contributed by atoms with E-state index < -0.39 is 0 Å². The normalized spacial score (nSPS) is 21.7. The van der Waals surface area contributed by atoms with Gasteiger partial charge in [-0.2, -0.15) is 0 Å². The Morgan fingerprint density at radius 2 is 2.08 bits per heavy atom. The summed E-state index contributed by atoms with van der Waals surface area (Å²) >= 11 is 0. The van der Waals surface area contributed by atoms with Gasteiger partial charge in [0.05, 0.1) is 6.04 Å². The average molecular weight is 318 g/mol. The van der Waals surface area contributed by atoms with Crippen LogP contribution in [0.15, 0.2) is 48.7 Å². The number of hydrogen-bond acceptors (Lipinski definition) is 2. The summed E-state index contributed by atoms with van der Waals surface area (Å²) in [4.78, 5) is 4.53. The lowest BCUT2D eigenvalue weighted by atomic mass is 9.84. The molecule has 5 rings (SSSR count). The first-order chi connectivity index (χ1) is 11.8. The van der Waals surface area contributed by atoms with E-state index in [1.54, 1.807) is 17.8 Å². The minimum Gasteiger partial charge on any atom is -0.363 e. The van der Waals surface area contributed by atoms with Crippen LogP contribution in [-0.4, -0.2) is 4.98 Å². The van der Waals surface area contributed by atoms with Crippen LogP contribution in [0.2, 0.25) is 0 Å². The van der Waals surface area contributed by atoms with Crippen molar-refractivity contribution in [2.75, 3.05) is 5.32 Å². The van der Waals surface area contributed by atoms with Gasteiger partial charge in [0.2, 0.25) is 0 Å². The molecule has 0 saturated carbocycles. The fourth-order valence-electron chi connectivity index (χ4n) is 4.55. The number of nitrogens with one attached hydrogen (secondary N) is 1. The van der Waals surface area contributed by atoms with Crippen molar-refractivity contribution in [1.82, 2.24) is 4.98 Å². The zero-order valence-corrected chi connectivity index (χ0v) is 13.4. The third-order valence-corrected chi connectivity index (χ3v) is 5.57. The number of nitrogens with zero attached hydrogens (tertiary/aromatic N) is 1. The molecule has 2 aliphatic carbocycles. The molecule has 1 aromatic heterocycles. The largest absolute Gasteiger partial charge is 0.363 e. The van der Waals surface area contributed by atoms with Crippen LogP contribution < -0.4 is 5.32 Å². The third-order valence-electron chi connectivity index (χ3n) is 5.57. The molecule has 1 heterocycles. The molecule has 0 radical (unpaired) electrons. The van der Waals surface area contributed by atoms with Gasteiger partial charge in [0.1, 0.15) is 11.6 Å². The van der Waals surface area contributed by atoms with Gasteiger partial charge in [0, 0.05) is 11.6 Å². The van der Waals surface area contributed by atoms with Crippen molar-refractivity contribution < 1.29 is 4.39 Å². The summed E-state index contributed by atoms with van der Waals surface area (Å²) in [7, 11) is 0. The van der Waals surface area contributed by atoms with Crippen molar-refractivity contribution in [3.05, 3.63) is 71.2 Å². The van der Waals surface area contributed by atoms with Crippen molar-refractivity contribution in [3.8, 4) is 0 Å². The first-order valence-corrected chi connectivity index (χ1v) is 8.72. The lowest BCUT2D eigenvalue weighted by Gasteiger charge is -2.20. The second kappa shape index (κ2) is 5.30. The average Bonchev–Trinajstić information content (AvgIpc) is 2.95. The van der Waals surface area contributed by atoms with Crippen LogP contribution in [0.3, 0.4) is 0 Å². The van der Waals surface area contributed by atoms with Crippen LogP contribution >= 0.6 is 0 Å². The molecule has 2 atom stereocenters. The molecular formula is C21H19FN2. The van der Waals surface area contributed by atoms with Gasteiger partial charge in [-0.25, -0.2) is 9.37 Å². The fourth-order valence-corrected chi connectivity index (χ4v) is 4.55. The number of aromatic nitrogens is 1. The van der Waals surface area contributed by atoms with Gasteiger partial charge in [0.25, 0.3) is 0 Å². The molecule has 2 unspecified atom stereocenters. The van der Waals surface area contributed by atoms with E-state index in [0.29, 0.717) is 12.0 Å². The van der Waals surface area contributed by atoms with Crippen LogP contribution in [0.5, 0.6) is 0 Å². The topological polar surface area (TPSA) is 24.9 Å². The van der Waals surface area contributed by atoms with Crippen LogP contribution in [0.4, 0.5) is 10.2 Å². The van der Waals surface area contributed by atoms with E-state index >= 15 is 0 Å². The molecule has 2 aromatic carbocycles. The summed E-state index contributed by atoms with van der Waals surface area (Å²) in [5, 5.41) is 5.52. The van der Waals surface area contributed by atoms with Crippen molar-refractivity contribution in [1.29, 1.82) is 0 Å². The Labute approximate surface area is 140 Å². The molecule has 24 heavy (non-hydrogen) atoms. The van der Waals surface area contributed by atoms with Crippen molar-refractivity contribution >= 4 is 16.6 Å². The molecule has 2 nitrogen and oxygen atoms in total. The Morgan fingerprint density at radius 3 is 3.04 bits per heavy atom. The Hall–Kier alpha value is -2.42. The molecule has 0 fully saturated rings. The van der Waals surface area contributed by atoms with E-state index in [1.165, 1.54) is 36.5 Å². The summed E-state index contributed by atoms with van der Waals surface area (Å²) in [5.74, 6) is 1.32. The van der Waals surface area contributed by atoms with Gasteiger partial charge in [-0.1, -0.05) is 18.2 Å². The number of pyridine rings is 1. The number of hydrogen-bond donors (Lipinski definition) is 1. The highest BCUT2D eigenvalue weighted by Crippen LogP contribution is 2.48. The molecular weight excluding hydrogens is 299 g/mol. The summed E-state index contributed by atoms with van der Waals surface area (Å²) in [6.07, 6.45) is 6.67. The number of fused-ring (bicyclic) bond motifs is 1. The number of halogens is 1. The molecule has 2 aliphatic rings. The first-order valence-electron chi connectivity index (χ1n) is 8.72. The molecule has 0 saturated heterocycles. The highest BCUT2D eigenvalue weighted by molar-refractivity contribution is 5.91. The van der Waals surface area contributed by atoms with E-state index in [4.69, 9.17) is 0 Å². The van der Waals surface area contributed by atoms with E-state index in [2.05, 4.69) is 28.5 Å². The van der Waals surface area contributed by atoms with Gasteiger partial charge in [-0.15, -0.1) is 0 Å². The maximum Gasteiger partial charge on any atom is 0.134 e. The van der Waals surface area contributed by atoms with Gasteiger partial charge in [-0.05, 0) is 77.9 Å². The molecule has 1 N–H and O–H groups in total. The molecule has 3 heteroatoms. The monoisotopic (exact) mass is 318 g/mol. The predicted octanol–water partition coefficient (Wildman–Crippen LogP) is 5.35. The Morgan fingerprint density at radius 1 is 1.12 bits per heavy atom. The van der Waals surface area contributed by atoms with E-state index in [1.807, 2.05) is 12.1 Å². The lowest BCUT2D eigenvalue weighted by molar-refractivity contribution is 0.534. The molecule has 0 bridgehead atoms. The van der Waals surface area contributed by atoms with Crippen molar-refractivity contribution in [2.45, 2.75) is 37.6 Å².